The average molecular weight is 208 g/mol. The summed E-state index contributed by atoms with van der Waals surface area (Å²) >= 11 is 5.79. The van der Waals surface area contributed by atoms with Crippen LogP contribution in [0.1, 0.15) is 18.1 Å². The van der Waals surface area contributed by atoms with Gasteiger partial charge in [-0.15, -0.1) is 0 Å². The molecule has 0 atom stereocenters. The Bertz CT molecular complexity index is 393. The van der Waals surface area contributed by atoms with Crippen molar-refractivity contribution in [2.75, 3.05) is 0 Å². The van der Waals surface area contributed by atoms with Crippen LogP contribution >= 0.6 is 11.6 Å². The van der Waals surface area contributed by atoms with Crippen molar-refractivity contribution < 1.29 is 4.79 Å². The van der Waals surface area contributed by atoms with Gasteiger partial charge >= 0.3 is 0 Å². The second-order valence-corrected chi connectivity index (χ2v) is 3.56. The minimum atomic E-state index is 0.0894. The van der Waals surface area contributed by atoms with Crippen molar-refractivity contribution in [2.45, 2.75) is 19.8 Å². The van der Waals surface area contributed by atoms with Gasteiger partial charge in [-0.25, -0.2) is 0 Å². The summed E-state index contributed by atoms with van der Waals surface area (Å²) in [5.41, 5.74) is 1.73. The number of hydrogen-bond acceptors (Lipinski definition) is 2. The summed E-state index contributed by atoms with van der Waals surface area (Å²) in [7, 11) is 0. The van der Waals surface area contributed by atoms with Gasteiger partial charge in [0.05, 0.1) is 12.5 Å². The molecule has 14 heavy (non-hydrogen) atoms. The Hall–Kier alpha value is -1.33. The van der Waals surface area contributed by atoms with E-state index >= 15 is 0 Å². The Balaban J connectivity index is 3.02. The lowest BCUT2D eigenvalue weighted by molar-refractivity contribution is -0.116. The SMILES string of the molecule is CC(=O)Cc1ccc(Cl)cc1CC#N. The lowest BCUT2D eigenvalue weighted by atomic mass is 10.0. The van der Waals surface area contributed by atoms with E-state index in [1.165, 1.54) is 6.92 Å². The number of nitriles is 1. The minimum absolute atomic E-state index is 0.0894. The van der Waals surface area contributed by atoms with E-state index in [4.69, 9.17) is 16.9 Å². The van der Waals surface area contributed by atoms with Crippen LogP contribution in [0, 0.1) is 11.3 Å². The minimum Gasteiger partial charge on any atom is -0.300 e. The molecule has 72 valence electrons. The van der Waals surface area contributed by atoms with E-state index in [0.29, 0.717) is 17.9 Å². The molecule has 0 amide bonds. The first-order valence-electron chi connectivity index (χ1n) is 4.27. The van der Waals surface area contributed by atoms with Crippen LogP contribution in [0.4, 0.5) is 0 Å². The van der Waals surface area contributed by atoms with Gasteiger partial charge in [-0.05, 0) is 30.2 Å². The maximum Gasteiger partial charge on any atom is 0.134 e. The Morgan fingerprint density at radius 3 is 2.79 bits per heavy atom. The van der Waals surface area contributed by atoms with Gasteiger partial charge in [0.1, 0.15) is 5.78 Å². The van der Waals surface area contributed by atoms with Crippen LogP contribution in [0.15, 0.2) is 18.2 Å². The van der Waals surface area contributed by atoms with Crippen LogP contribution in [0.3, 0.4) is 0 Å². The molecule has 1 aromatic carbocycles. The van der Waals surface area contributed by atoms with Gasteiger partial charge in [0.2, 0.25) is 0 Å². The van der Waals surface area contributed by atoms with Crippen molar-refractivity contribution in [3.8, 4) is 6.07 Å². The summed E-state index contributed by atoms with van der Waals surface area (Å²) in [4.78, 5) is 10.9. The standard InChI is InChI=1S/C11H10ClNO/c1-8(14)6-9-2-3-11(12)7-10(9)4-5-13/h2-3,7H,4,6H2,1H3. The molecule has 0 heterocycles. The summed E-state index contributed by atoms with van der Waals surface area (Å²) in [5.74, 6) is 0.0894. The highest BCUT2D eigenvalue weighted by Crippen LogP contribution is 2.17. The van der Waals surface area contributed by atoms with E-state index in [9.17, 15) is 4.79 Å². The van der Waals surface area contributed by atoms with Crippen LogP contribution in [-0.2, 0) is 17.6 Å². The van der Waals surface area contributed by atoms with Crippen LogP contribution in [-0.4, -0.2) is 5.78 Å². The summed E-state index contributed by atoms with van der Waals surface area (Å²) in [6, 6.07) is 7.33. The Labute approximate surface area is 88.1 Å². The number of nitrogens with zero attached hydrogens (tertiary/aromatic N) is 1. The molecule has 0 unspecified atom stereocenters. The molecule has 0 fully saturated rings. The molecular formula is C11H10ClNO. The zero-order chi connectivity index (χ0) is 10.6. The van der Waals surface area contributed by atoms with Crippen molar-refractivity contribution >= 4 is 17.4 Å². The number of carbonyl (C=O) groups is 1. The Kier molecular flexibility index (Phi) is 3.67. The van der Waals surface area contributed by atoms with E-state index in [-0.39, 0.29) is 5.78 Å². The topological polar surface area (TPSA) is 40.9 Å². The summed E-state index contributed by atoms with van der Waals surface area (Å²) in [5, 5.41) is 9.19. The predicted octanol–water partition coefficient (Wildman–Crippen LogP) is 2.54. The lowest BCUT2D eigenvalue weighted by Gasteiger charge is -2.04. The van der Waals surface area contributed by atoms with Crippen molar-refractivity contribution in [2.24, 2.45) is 0 Å². The number of halogens is 1. The molecule has 0 saturated carbocycles. The van der Waals surface area contributed by atoms with Gasteiger partial charge < -0.3 is 0 Å². The van der Waals surface area contributed by atoms with Crippen molar-refractivity contribution in [3.63, 3.8) is 0 Å². The molecule has 0 spiro atoms. The molecule has 0 bridgehead atoms. The summed E-state index contributed by atoms with van der Waals surface area (Å²) in [6.07, 6.45) is 0.664. The van der Waals surface area contributed by atoms with E-state index in [1.54, 1.807) is 18.2 Å². The maximum atomic E-state index is 10.9. The highest BCUT2D eigenvalue weighted by Gasteiger charge is 2.05. The number of hydrogen-bond donors (Lipinski definition) is 0. The zero-order valence-electron chi connectivity index (χ0n) is 7.88. The van der Waals surface area contributed by atoms with Crippen molar-refractivity contribution in [3.05, 3.63) is 34.3 Å². The van der Waals surface area contributed by atoms with E-state index in [0.717, 1.165) is 11.1 Å². The fourth-order valence-corrected chi connectivity index (χ4v) is 1.48. The third kappa shape index (κ3) is 2.86. The largest absolute Gasteiger partial charge is 0.300 e. The number of Topliss-reactive ketones (excluding diaryl/α,β-unsaturated/α-hetero) is 1. The van der Waals surface area contributed by atoms with E-state index in [1.807, 2.05) is 0 Å². The maximum absolute atomic E-state index is 10.9. The first-order valence-corrected chi connectivity index (χ1v) is 4.65. The highest BCUT2D eigenvalue weighted by atomic mass is 35.5. The molecule has 2 nitrogen and oxygen atoms in total. The monoisotopic (exact) mass is 207 g/mol. The molecule has 0 aliphatic heterocycles. The first-order chi connectivity index (χ1) is 6.63. The lowest BCUT2D eigenvalue weighted by Crippen LogP contribution is -2.00. The molecule has 1 aromatic rings. The number of ketones is 1. The van der Waals surface area contributed by atoms with Crippen LogP contribution < -0.4 is 0 Å². The first kappa shape index (κ1) is 10.7. The van der Waals surface area contributed by atoms with Crippen LogP contribution in [0.25, 0.3) is 0 Å². The smallest absolute Gasteiger partial charge is 0.134 e. The molecule has 0 aliphatic rings. The summed E-state index contributed by atoms with van der Waals surface area (Å²) in [6.45, 7) is 1.53. The van der Waals surface area contributed by atoms with E-state index in [2.05, 4.69) is 6.07 Å². The van der Waals surface area contributed by atoms with Gasteiger partial charge in [0, 0.05) is 11.4 Å². The van der Waals surface area contributed by atoms with Gasteiger partial charge in [-0.1, -0.05) is 17.7 Å². The highest BCUT2D eigenvalue weighted by molar-refractivity contribution is 6.30. The predicted molar refractivity (Wildman–Crippen MR) is 55.2 cm³/mol. The second kappa shape index (κ2) is 4.78. The molecule has 0 aliphatic carbocycles. The molecule has 0 aromatic heterocycles. The molecule has 0 radical (unpaired) electrons. The van der Waals surface area contributed by atoms with Crippen molar-refractivity contribution in [1.82, 2.24) is 0 Å². The van der Waals surface area contributed by atoms with Gasteiger partial charge in [0.15, 0.2) is 0 Å². The van der Waals surface area contributed by atoms with Crippen LogP contribution in [0.2, 0.25) is 5.02 Å². The zero-order valence-corrected chi connectivity index (χ0v) is 8.64. The van der Waals surface area contributed by atoms with Crippen LogP contribution in [0.5, 0.6) is 0 Å². The second-order valence-electron chi connectivity index (χ2n) is 3.13. The van der Waals surface area contributed by atoms with Gasteiger partial charge in [0.25, 0.3) is 0 Å². The molecule has 0 N–H and O–H groups in total. The summed E-state index contributed by atoms with van der Waals surface area (Å²) < 4.78 is 0. The number of rotatable bonds is 3. The Morgan fingerprint density at radius 1 is 1.50 bits per heavy atom. The Morgan fingerprint density at radius 2 is 2.21 bits per heavy atom. The van der Waals surface area contributed by atoms with E-state index < -0.39 is 0 Å². The third-order valence-corrected chi connectivity index (χ3v) is 2.11. The quantitative estimate of drug-likeness (QED) is 0.764. The van der Waals surface area contributed by atoms with Gasteiger partial charge in [-0.3, -0.25) is 4.79 Å². The van der Waals surface area contributed by atoms with Gasteiger partial charge in [-0.2, -0.15) is 5.26 Å². The average Bonchev–Trinajstić information content (AvgIpc) is 2.09. The molecule has 1 rings (SSSR count). The molecular weight excluding hydrogens is 198 g/mol. The number of benzene rings is 1. The number of carbonyl (C=O) groups excluding carboxylic acids is 1. The molecule has 3 heteroatoms. The third-order valence-electron chi connectivity index (χ3n) is 1.88. The fourth-order valence-electron chi connectivity index (χ4n) is 1.28. The fraction of sp³-hybridized carbons (Fsp3) is 0.273. The van der Waals surface area contributed by atoms with Crippen molar-refractivity contribution in [1.29, 1.82) is 5.26 Å². The molecule has 0 saturated heterocycles. The normalized spacial score (nSPS) is 9.50.